The number of hydrogen-bond donors (Lipinski definition) is 2. The van der Waals surface area contributed by atoms with Crippen LogP contribution in [-0.4, -0.2) is 22.3 Å². The molecule has 1 aromatic heterocycles. The summed E-state index contributed by atoms with van der Waals surface area (Å²) in [5.41, 5.74) is 0.847. The SMILES string of the molecule is Cc1cc(CNC2C3CCC(C3)C2C(=O)O)no1. The predicted octanol–water partition coefficient (Wildman–Crippen LogP) is 1.57. The number of carboxylic acid groups (broad SMARTS) is 1. The maximum absolute atomic E-state index is 11.3. The fraction of sp³-hybridized carbons (Fsp3) is 0.692. The Morgan fingerprint density at radius 1 is 1.56 bits per heavy atom. The summed E-state index contributed by atoms with van der Waals surface area (Å²) in [5, 5.41) is 16.6. The molecule has 2 bridgehead atoms. The highest BCUT2D eigenvalue weighted by atomic mass is 16.5. The van der Waals surface area contributed by atoms with E-state index in [1.807, 2.05) is 13.0 Å². The molecule has 4 atom stereocenters. The van der Waals surface area contributed by atoms with Crippen LogP contribution in [0.1, 0.15) is 30.7 Å². The molecular weight excluding hydrogens is 232 g/mol. The van der Waals surface area contributed by atoms with Gasteiger partial charge in [0.25, 0.3) is 0 Å². The lowest BCUT2D eigenvalue weighted by molar-refractivity contribution is -0.144. The van der Waals surface area contributed by atoms with Crippen LogP contribution < -0.4 is 5.32 Å². The van der Waals surface area contributed by atoms with Gasteiger partial charge in [-0.2, -0.15) is 0 Å². The van der Waals surface area contributed by atoms with Crippen molar-refractivity contribution in [2.24, 2.45) is 17.8 Å². The van der Waals surface area contributed by atoms with Gasteiger partial charge < -0.3 is 14.9 Å². The lowest BCUT2D eigenvalue weighted by Crippen LogP contribution is -2.43. The van der Waals surface area contributed by atoms with E-state index in [1.165, 1.54) is 0 Å². The zero-order chi connectivity index (χ0) is 12.7. The lowest BCUT2D eigenvalue weighted by atomic mass is 9.84. The molecule has 0 aliphatic heterocycles. The van der Waals surface area contributed by atoms with Crippen LogP contribution in [0.25, 0.3) is 0 Å². The minimum atomic E-state index is -0.656. The van der Waals surface area contributed by atoms with Gasteiger partial charge in [-0.25, -0.2) is 0 Å². The van der Waals surface area contributed by atoms with Crippen molar-refractivity contribution in [2.45, 2.75) is 38.8 Å². The average Bonchev–Trinajstić information content (AvgIpc) is 3.00. The van der Waals surface area contributed by atoms with E-state index in [0.717, 1.165) is 30.7 Å². The van der Waals surface area contributed by atoms with E-state index < -0.39 is 5.97 Å². The largest absolute Gasteiger partial charge is 0.481 e. The topological polar surface area (TPSA) is 75.4 Å². The first-order valence-corrected chi connectivity index (χ1v) is 6.53. The number of carboxylic acids is 1. The van der Waals surface area contributed by atoms with Crippen LogP contribution in [0, 0.1) is 24.7 Å². The summed E-state index contributed by atoms with van der Waals surface area (Å²) in [6.07, 6.45) is 3.29. The summed E-state index contributed by atoms with van der Waals surface area (Å²) in [5.74, 6) is 0.787. The zero-order valence-corrected chi connectivity index (χ0v) is 10.4. The lowest BCUT2D eigenvalue weighted by Gasteiger charge is -2.28. The highest BCUT2D eigenvalue weighted by Gasteiger charge is 2.50. The number of rotatable bonds is 4. The van der Waals surface area contributed by atoms with E-state index in [9.17, 15) is 9.90 Å². The normalized spacial score (nSPS) is 34.1. The molecule has 2 fully saturated rings. The Kier molecular flexibility index (Phi) is 2.86. The van der Waals surface area contributed by atoms with E-state index in [2.05, 4.69) is 10.5 Å². The van der Waals surface area contributed by atoms with Crippen LogP contribution in [0.15, 0.2) is 10.6 Å². The first-order chi connectivity index (χ1) is 8.65. The third-order valence-corrected chi connectivity index (χ3v) is 4.40. The third-order valence-electron chi connectivity index (χ3n) is 4.40. The Hall–Kier alpha value is -1.36. The molecule has 0 spiro atoms. The van der Waals surface area contributed by atoms with Crippen molar-refractivity contribution >= 4 is 5.97 Å². The van der Waals surface area contributed by atoms with Crippen LogP contribution in [0.3, 0.4) is 0 Å². The summed E-state index contributed by atoms with van der Waals surface area (Å²) in [6, 6.07) is 1.98. The quantitative estimate of drug-likeness (QED) is 0.848. The third kappa shape index (κ3) is 1.92. The fourth-order valence-electron chi connectivity index (χ4n) is 3.66. The van der Waals surface area contributed by atoms with E-state index in [0.29, 0.717) is 18.4 Å². The van der Waals surface area contributed by atoms with E-state index in [1.54, 1.807) is 0 Å². The standard InChI is InChI=1S/C13H18N2O3/c1-7-4-10(15-18-7)6-14-12-9-3-2-8(5-9)11(12)13(16)17/h4,8-9,11-12,14H,2-3,5-6H2,1H3,(H,16,17). The first-order valence-electron chi connectivity index (χ1n) is 6.53. The van der Waals surface area contributed by atoms with Crippen molar-refractivity contribution in [3.8, 4) is 0 Å². The molecule has 0 amide bonds. The number of nitrogens with one attached hydrogen (secondary N) is 1. The summed E-state index contributed by atoms with van der Waals surface area (Å²) < 4.78 is 5.01. The van der Waals surface area contributed by atoms with Crippen LogP contribution >= 0.6 is 0 Å². The summed E-state index contributed by atoms with van der Waals surface area (Å²) in [7, 11) is 0. The molecule has 2 N–H and O–H groups in total. The molecule has 0 aromatic carbocycles. The Bertz CT molecular complexity index is 457. The molecule has 4 unspecified atom stereocenters. The Balaban J connectivity index is 1.66. The summed E-state index contributed by atoms with van der Waals surface area (Å²) >= 11 is 0. The van der Waals surface area contributed by atoms with Gasteiger partial charge in [-0.1, -0.05) is 5.16 Å². The average molecular weight is 250 g/mol. The van der Waals surface area contributed by atoms with Crippen molar-refractivity contribution < 1.29 is 14.4 Å². The maximum atomic E-state index is 11.3. The van der Waals surface area contributed by atoms with Gasteiger partial charge >= 0.3 is 5.97 Å². The predicted molar refractivity (Wildman–Crippen MR) is 63.8 cm³/mol. The van der Waals surface area contributed by atoms with Crippen LogP contribution in [0.4, 0.5) is 0 Å². The first kappa shape index (κ1) is 11.7. The smallest absolute Gasteiger partial charge is 0.308 e. The number of aryl methyl sites for hydroxylation is 1. The Labute approximate surface area is 106 Å². The second-order valence-electron chi connectivity index (χ2n) is 5.53. The molecule has 5 nitrogen and oxygen atoms in total. The van der Waals surface area contributed by atoms with Gasteiger partial charge in [0.15, 0.2) is 0 Å². The number of hydrogen-bond acceptors (Lipinski definition) is 4. The molecule has 98 valence electrons. The van der Waals surface area contributed by atoms with Gasteiger partial charge in [0.2, 0.25) is 0 Å². The van der Waals surface area contributed by atoms with Gasteiger partial charge in [0.05, 0.1) is 11.6 Å². The second kappa shape index (κ2) is 4.39. The highest BCUT2D eigenvalue weighted by molar-refractivity contribution is 5.72. The van der Waals surface area contributed by atoms with Gasteiger partial charge in [-0.05, 0) is 38.0 Å². The van der Waals surface area contributed by atoms with Crippen LogP contribution in [-0.2, 0) is 11.3 Å². The van der Waals surface area contributed by atoms with Crippen molar-refractivity contribution in [1.82, 2.24) is 10.5 Å². The van der Waals surface area contributed by atoms with Crippen LogP contribution in [0.2, 0.25) is 0 Å². The van der Waals surface area contributed by atoms with E-state index >= 15 is 0 Å². The Morgan fingerprint density at radius 2 is 2.33 bits per heavy atom. The molecule has 3 rings (SSSR count). The molecule has 18 heavy (non-hydrogen) atoms. The summed E-state index contributed by atoms with van der Waals surface area (Å²) in [4.78, 5) is 11.3. The Morgan fingerprint density at radius 3 is 3.00 bits per heavy atom. The number of fused-ring (bicyclic) bond motifs is 2. The highest BCUT2D eigenvalue weighted by Crippen LogP contribution is 2.48. The molecular formula is C13H18N2O3. The number of aliphatic carboxylic acids is 1. The fourth-order valence-corrected chi connectivity index (χ4v) is 3.66. The maximum Gasteiger partial charge on any atom is 0.308 e. The van der Waals surface area contributed by atoms with Gasteiger partial charge in [0, 0.05) is 18.7 Å². The molecule has 5 heteroatoms. The second-order valence-corrected chi connectivity index (χ2v) is 5.53. The van der Waals surface area contributed by atoms with Crippen LogP contribution in [0.5, 0.6) is 0 Å². The molecule has 0 radical (unpaired) electrons. The van der Waals surface area contributed by atoms with Crippen molar-refractivity contribution in [1.29, 1.82) is 0 Å². The zero-order valence-electron chi connectivity index (χ0n) is 10.4. The van der Waals surface area contributed by atoms with E-state index in [-0.39, 0.29) is 12.0 Å². The number of aromatic nitrogens is 1. The van der Waals surface area contributed by atoms with Gasteiger partial charge in [-0.3, -0.25) is 4.79 Å². The van der Waals surface area contributed by atoms with Gasteiger partial charge in [0.1, 0.15) is 5.76 Å². The summed E-state index contributed by atoms with van der Waals surface area (Å²) in [6.45, 7) is 2.45. The molecule has 2 aliphatic carbocycles. The molecule has 1 heterocycles. The molecule has 1 aromatic rings. The minimum absolute atomic E-state index is 0.0956. The van der Waals surface area contributed by atoms with Crippen molar-refractivity contribution in [2.75, 3.05) is 0 Å². The number of carbonyl (C=O) groups is 1. The van der Waals surface area contributed by atoms with E-state index in [4.69, 9.17) is 4.52 Å². The number of nitrogens with zero attached hydrogens (tertiary/aromatic N) is 1. The van der Waals surface area contributed by atoms with Crippen molar-refractivity contribution in [3.05, 3.63) is 17.5 Å². The molecule has 2 saturated carbocycles. The monoisotopic (exact) mass is 250 g/mol. The molecule has 0 saturated heterocycles. The van der Waals surface area contributed by atoms with Gasteiger partial charge in [-0.15, -0.1) is 0 Å². The molecule has 2 aliphatic rings. The van der Waals surface area contributed by atoms with Crippen molar-refractivity contribution in [3.63, 3.8) is 0 Å². The minimum Gasteiger partial charge on any atom is -0.481 e.